The first-order valence-corrected chi connectivity index (χ1v) is 9.30. The predicted molar refractivity (Wildman–Crippen MR) is 105 cm³/mol. The molecule has 1 aliphatic rings. The van der Waals surface area contributed by atoms with Gasteiger partial charge < -0.3 is 14.5 Å². The van der Waals surface area contributed by atoms with Gasteiger partial charge in [0.25, 0.3) is 0 Å². The Balaban J connectivity index is 1.93. The van der Waals surface area contributed by atoms with Crippen molar-refractivity contribution in [1.82, 2.24) is 15.0 Å². The van der Waals surface area contributed by atoms with Crippen LogP contribution in [-0.2, 0) is 4.74 Å². The minimum Gasteiger partial charge on any atom is -0.370 e. The Morgan fingerprint density at radius 2 is 2.00 bits per heavy atom. The first-order valence-electron chi connectivity index (χ1n) is 8.92. The van der Waals surface area contributed by atoms with Crippen molar-refractivity contribution in [1.29, 1.82) is 0 Å². The summed E-state index contributed by atoms with van der Waals surface area (Å²) >= 11 is 6.15. The van der Waals surface area contributed by atoms with Gasteiger partial charge in [0.2, 0.25) is 11.9 Å². The highest BCUT2D eigenvalue weighted by atomic mass is 35.5. The second-order valence-corrected chi connectivity index (χ2v) is 7.66. The van der Waals surface area contributed by atoms with Gasteiger partial charge in [0.1, 0.15) is 11.9 Å². The van der Waals surface area contributed by atoms with E-state index in [2.05, 4.69) is 35.6 Å². The summed E-state index contributed by atoms with van der Waals surface area (Å²) in [5.74, 6) is 2.42. The van der Waals surface area contributed by atoms with E-state index in [9.17, 15) is 0 Å². The fourth-order valence-electron chi connectivity index (χ4n) is 2.90. The summed E-state index contributed by atoms with van der Waals surface area (Å²) in [5, 5.41) is 0.716. The molecular weight excluding hydrogens is 350 g/mol. The van der Waals surface area contributed by atoms with Crippen molar-refractivity contribution in [2.45, 2.75) is 38.8 Å². The molecule has 3 rings (SSSR count). The van der Waals surface area contributed by atoms with Crippen LogP contribution in [0.25, 0.3) is 0 Å². The van der Waals surface area contributed by atoms with Crippen LogP contribution in [0.2, 0.25) is 5.02 Å². The number of aromatic nitrogens is 3. The van der Waals surface area contributed by atoms with E-state index in [4.69, 9.17) is 21.3 Å². The Hall–Kier alpha value is -1.92. The van der Waals surface area contributed by atoms with Crippen molar-refractivity contribution in [2.24, 2.45) is 0 Å². The number of ether oxygens (including phenoxy) is 1. The van der Waals surface area contributed by atoms with Gasteiger partial charge in [-0.25, -0.2) is 0 Å². The molecule has 0 bridgehead atoms. The molecule has 7 heteroatoms. The van der Waals surface area contributed by atoms with Crippen LogP contribution in [0.5, 0.6) is 0 Å². The standard InChI is InChI=1S/C19H26ClN5O/c1-12(2)17-21-18(24(4)5)23-19(22-17)25-10-16(26-11-13(25)3)14-7-6-8-15(20)9-14/h6-9,12-13,16H,10-11H2,1-5H3. The van der Waals surface area contributed by atoms with Gasteiger partial charge in [-0.15, -0.1) is 0 Å². The lowest BCUT2D eigenvalue weighted by Crippen LogP contribution is -2.46. The molecule has 2 unspecified atom stereocenters. The maximum Gasteiger partial charge on any atom is 0.230 e. The quantitative estimate of drug-likeness (QED) is 0.812. The van der Waals surface area contributed by atoms with Gasteiger partial charge in [-0.3, -0.25) is 0 Å². The van der Waals surface area contributed by atoms with Gasteiger partial charge >= 0.3 is 0 Å². The first-order chi connectivity index (χ1) is 12.3. The third kappa shape index (κ3) is 4.07. The molecular formula is C19H26ClN5O. The fourth-order valence-corrected chi connectivity index (χ4v) is 3.10. The Labute approximate surface area is 160 Å². The van der Waals surface area contributed by atoms with Crippen LogP contribution in [0.15, 0.2) is 24.3 Å². The van der Waals surface area contributed by atoms with Crippen LogP contribution < -0.4 is 9.80 Å². The highest BCUT2D eigenvalue weighted by Gasteiger charge is 2.30. The van der Waals surface area contributed by atoms with Gasteiger partial charge in [0.05, 0.1) is 19.2 Å². The van der Waals surface area contributed by atoms with Crippen LogP contribution in [0.4, 0.5) is 11.9 Å². The minimum atomic E-state index is -0.0630. The molecule has 1 aromatic heterocycles. The Bertz CT molecular complexity index is 741. The predicted octanol–water partition coefficient (Wildman–Crippen LogP) is 3.68. The number of benzene rings is 1. The average Bonchev–Trinajstić information content (AvgIpc) is 2.61. The smallest absolute Gasteiger partial charge is 0.230 e. The van der Waals surface area contributed by atoms with E-state index in [-0.39, 0.29) is 18.1 Å². The van der Waals surface area contributed by atoms with E-state index in [0.717, 1.165) is 11.4 Å². The molecule has 0 spiro atoms. The first kappa shape index (κ1) is 18.9. The van der Waals surface area contributed by atoms with Crippen LogP contribution in [-0.4, -0.2) is 48.2 Å². The van der Waals surface area contributed by atoms with E-state index in [1.807, 2.05) is 43.3 Å². The number of hydrogen-bond donors (Lipinski definition) is 0. The highest BCUT2D eigenvalue weighted by molar-refractivity contribution is 6.30. The van der Waals surface area contributed by atoms with E-state index in [0.29, 0.717) is 30.1 Å². The third-order valence-corrected chi connectivity index (χ3v) is 4.69. The SMILES string of the molecule is CC(C)c1nc(N(C)C)nc(N2CC(c3cccc(Cl)c3)OCC2C)n1. The lowest BCUT2D eigenvalue weighted by Gasteiger charge is -2.38. The molecule has 1 fully saturated rings. The summed E-state index contributed by atoms with van der Waals surface area (Å²) in [6.45, 7) is 7.60. The molecule has 1 aromatic carbocycles. The van der Waals surface area contributed by atoms with E-state index in [1.54, 1.807) is 0 Å². The summed E-state index contributed by atoms with van der Waals surface area (Å²) in [6, 6.07) is 8.01. The molecule has 0 aliphatic carbocycles. The van der Waals surface area contributed by atoms with Crippen molar-refractivity contribution < 1.29 is 4.74 Å². The lowest BCUT2D eigenvalue weighted by atomic mass is 10.1. The minimum absolute atomic E-state index is 0.0630. The molecule has 0 amide bonds. The van der Waals surface area contributed by atoms with Crippen molar-refractivity contribution in [2.75, 3.05) is 37.0 Å². The zero-order valence-electron chi connectivity index (χ0n) is 16.0. The molecule has 0 saturated carbocycles. The Morgan fingerprint density at radius 1 is 1.23 bits per heavy atom. The third-order valence-electron chi connectivity index (χ3n) is 4.46. The van der Waals surface area contributed by atoms with Gasteiger partial charge in [-0.2, -0.15) is 15.0 Å². The van der Waals surface area contributed by atoms with Crippen molar-refractivity contribution in [3.63, 3.8) is 0 Å². The number of anilines is 2. The second kappa shape index (κ2) is 7.76. The normalized spacial score (nSPS) is 20.5. The summed E-state index contributed by atoms with van der Waals surface area (Å²) in [7, 11) is 3.89. The van der Waals surface area contributed by atoms with Gasteiger partial charge in [-0.05, 0) is 24.6 Å². The molecule has 0 radical (unpaired) electrons. The number of halogens is 1. The van der Waals surface area contributed by atoms with Gasteiger partial charge in [0.15, 0.2) is 0 Å². The largest absolute Gasteiger partial charge is 0.370 e. The molecule has 140 valence electrons. The summed E-state index contributed by atoms with van der Waals surface area (Å²) in [6.07, 6.45) is -0.0630. The molecule has 2 aromatic rings. The van der Waals surface area contributed by atoms with E-state index >= 15 is 0 Å². The topological polar surface area (TPSA) is 54.4 Å². The van der Waals surface area contributed by atoms with Crippen molar-refractivity contribution in [3.05, 3.63) is 40.7 Å². The number of hydrogen-bond acceptors (Lipinski definition) is 6. The lowest BCUT2D eigenvalue weighted by molar-refractivity contribution is 0.0208. The molecule has 1 aliphatic heterocycles. The zero-order chi connectivity index (χ0) is 18.8. The number of nitrogens with zero attached hydrogens (tertiary/aromatic N) is 5. The maximum atomic E-state index is 6.15. The fraction of sp³-hybridized carbons (Fsp3) is 0.526. The van der Waals surface area contributed by atoms with Crippen molar-refractivity contribution in [3.8, 4) is 0 Å². The zero-order valence-corrected chi connectivity index (χ0v) is 16.7. The number of rotatable bonds is 4. The molecule has 2 atom stereocenters. The summed E-state index contributed by atoms with van der Waals surface area (Å²) < 4.78 is 6.06. The molecule has 6 nitrogen and oxygen atoms in total. The highest BCUT2D eigenvalue weighted by Crippen LogP contribution is 2.29. The summed E-state index contributed by atoms with van der Waals surface area (Å²) in [4.78, 5) is 18.1. The monoisotopic (exact) mass is 375 g/mol. The maximum absolute atomic E-state index is 6.15. The molecule has 26 heavy (non-hydrogen) atoms. The number of morpholine rings is 1. The van der Waals surface area contributed by atoms with E-state index < -0.39 is 0 Å². The molecule has 0 N–H and O–H groups in total. The van der Waals surface area contributed by atoms with Gasteiger partial charge in [0, 0.05) is 25.0 Å². The van der Waals surface area contributed by atoms with Crippen LogP contribution in [0.1, 0.15) is 44.2 Å². The Morgan fingerprint density at radius 3 is 2.65 bits per heavy atom. The van der Waals surface area contributed by atoms with Crippen molar-refractivity contribution >= 4 is 23.5 Å². The van der Waals surface area contributed by atoms with Crippen LogP contribution in [0, 0.1) is 0 Å². The molecule has 1 saturated heterocycles. The van der Waals surface area contributed by atoms with E-state index in [1.165, 1.54) is 0 Å². The average molecular weight is 376 g/mol. The van der Waals surface area contributed by atoms with Crippen LogP contribution in [0.3, 0.4) is 0 Å². The van der Waals surface area contributed by atoms with Gasteiger partial charge in [-0.1, -0.05) is 37.6 Å². The summed E-state index contributed by atoms with van der Waals surface area (Å²) in [5.41, 5.74) is 1.07. The second-order valence-electron chi connectivity index (χ2n) is 7.22. The Kier molecular flexibility index (Phi) is 5.63. The molecule has 2 heterocycles. The van der Waals surface area contributed by atoms with Crippen LogP contribution >= 0.6 is 11.6 Å².